The number of hydrogen-bond donors (Lipinski definition) is 2. The van der Waals surface area contributed by atoms with Crippen molar-refractivity contribution in [2.24, 2.45) is 4.99 Å². The molecule has 1 rings (SSSR count). The number of amides is 1. The van der Waals surface area contributed by atoms with Crippen LogP contribution in [0.15, 0.2) is 46.6 Å². The van der Waals surface area contributed by atoms with Gasteiger partial charge in [-0.1, -0.05) is 11.6 Å². The zero-order valence-electron chi connectivity index (χ0n) is 14.9. The van der Waals surface area contributed by atoms with Crippen LogP contribution in [0.2, 0.25) is 0 Å². The van der Waals surface area contributed by atoms with Crippen LogP contribution in [-0.2, 0) is 4.79 Å². The molecule has 0 aliphatic carbocycles. The zero-order valence-corrected chi connectivity index (χ0v) is 14.9. The molecule has 0 spiro atoms. The number of alkyl halides is 2. The fourth-order valence-electron chi connectivity index (χ4n) is 1.94. The molecule has 0 saturated heterocycles. The van der Waals surface area contributed by atoms with Gasteiger partial charge in [-0.05, 0) is 44.5 Å². The van der Waals surface area contributed by atoms with Gasteiger partial charge in [0.15, 0.2) is 0 Å². The summed E-state index contributed by atoms with van der Waals surface area (Å²) in [6.45, 7) is 4.85. The van der Waals surface area contributed by atoms with Crippen LogP contribution in [0.25, 0.3) is 0 Å². The molecule has 25 heavy (non-hydrogen) atoms. The normalized spacial score (nSPS) is 14.0. The van der Waals surface area contributed by atoms with Crippen LogP contribution < -0.4 is 10.6 Å². The van der Waals surface area contributed by atoms with Crippen molar-refractivity contribution < 1.29 is 13.6 Å². The van der Waals surface area contributed by atoms with Crippen LogP contribution in [-0.4, -0.2) is 37.1 Å². The third-order valence-corrected chi connectivity index (χ3v) is 3.46. The lowest BCUT2D eigenvalue weighted by molar-refractivity contribution is -0.117. The minimum Gasteiger partial charge on any atom is -0.373 e. The lowest BCUT2D eigenvalue weighted by atomic mass is 10.1. The summed E-state index contributed by atoms with van der Waals surface area (Å²) in [5.41, 5.74) is 1.94. The van der Waals surface area contributed by atoms with Gasteiger partial charge < -0.3 is 10.6 Å². The first kappa shape index (κ1) is 20.5. The van der Waals surface area contributed by atoms with Crippen LogP contribution in [0.3, 0.4) is 0 Å². The van der Waals surface area contributed by atoms with E-state index in [1.807, 2.05) is 32.9 Å². The van der Waals surface area contributed by atoms with Crippen LogP contribution in [0, 0.1) is 0 Å². The Kier molecular flexibility index (Phi) is 8.46. The molecule has 0 aromatic carbocycles. The predicted octanol–water partition coefficient (Wildman–Crippen LogP) is 3.53. The van der Waals surface area contributed by atoms with Gasteiger partial charge in [0, 0.05) is 19.5 Å². The van der Waals surface area contributed by atoms with Gasteiger partial charge >= 0.3 is 0 Å². The second-order valence-electron chi connectivity index (χ2n) is 5.44. The summed E-state index contributed by atoms with van der Waals surface area (Å²) in [6, 6.07) is 3.36. The maximum absolute atomic E-state index is 12.5. The number of halogens is 2. The highest BCUT2D eigenvalue weighted by atomic mass is 19.3. The van der Waals surface area contributed by atoms with Crippen molar-refractivity contribution in [2.45, 2.75) is 33.2 Å². The van der Waals surface area contributed by atoms with Gasteiger partial charge in [0.25, 0.3) is 12.3 Å². The Morgan fingerprint density at radius 3 is 2.76 bits per heavy atom. The standard InChI is InChI=1S/C18H24F2N4O/c1-5-12(2)8-15(10-22-11-16(19)20)18(25)24-13(3)14-6-7-23-17(9-14)21-4/h5-10,13,16H,11H2,1-4H3,(H,21,23)(H,24,25)/b12-5+,15-8+,22-10?. The summed E-state index contributed by atoms with van der Waals surface area (Å²) in [7, 11) is 1.76. The maximum atomic E-state index is 12.5. The Morgan fingerprint density at radius 2 is 2.16 bits per heavy atom. The Labute approximate surface area is 147 Å². The van der Waals surface area contributed by atoms with E-state index in [1.54, 1.807) is 25.4 Å². The SMILES string of the molecule is C/C=C(C)/C=C(\C=NCC(F)F)C(=O)NC(C)c1ccnc(NC)c1. The minimum atomic E-state index is -2.54. The Hall–Kier alpha value is -2.57. The second kappa shape index (κ2) is 10.3. The molecule has 1 heterocycles. The molecule has 1 aromatic rings. The Morgan fingerprint density at radius 1 is 1.44 bits per heavy atom. The summed E-state index contributed by atoms with van der Waals surface area (Å²) in [4.78, 5) is 20.3. The highest BCUT2D eigenvalue weighted by molar-refractivity contribution is 6.12. The molecular weight excluding hydrogens is 326 g/mol. The first-order chi connectivity index (χ1) is 11.9. The molecule has 0 aliphatic heterocycles. The van der Waals surface area contributed by atoms with Crippen molar-refractivity contribution in [3.63, 3.8) is 0 Å². The maximum Gasteiger partial charge on any atom is 0.257 e. The van der Waals surface area contributed by atoms with Crippen molar-refractivity contribution >= 4 is 17.9 Å². The van der Waals surface area contributed by atoms with Crippen molar-refractivity contribution in [1.29, 1.82) is 0 Å². The fraction of sp³-hybridized carbons (Fsp3) is 0.389. The summed E-state index contributed by atoms with van der Waals surface area (Å²) >= 11 is 0. The second-order valence-corrected chi connectivity index (χ2v) is 5.44. The number of hydrogen-bond acceptors (Lipinski definition) is 4. The molecule has 1 amide bonds. The molecule has 136 valence electrons. The van der Waals surface area contributed by atoms with Crippen LogP contribution in [0.5, 0.6) is 0 Å². The average molecular weight is 350 g/mol. The van der Waals surface area contributed by atoms with Crippen LogP contribution in [0.1, 0.15) is 32.4 Å². The lowest BCUT2D eigenvalue weighted by Crippen LogP contribution is -2.28. The van der Waals surface area contributed by atoms with E-state index in [9.17, 15) is 13.6 Å². The first-order valence-corrected chi connectivity index (χ1v) is 7.94. The predicted molar refractivity (Wildman–Crippen MR) is 97.2 cm³/mol. The largest absolute Gasteiger partial charge is 0.373 e. The first-order valence-electron chi connectivity index (χ1n) is 7.94. The number of nitrogens with zero attached hydrogens (tertiary/aromatic N) is 2. The zero-order chi connectivity index (χ0) is 18.8. The summed E-state index contributed by atoms with van der Waals surface area (Å²) in [5.74, 6) is 0.312. The lowest BCUT2D eigenvalue weighted by Gasteiger charge is -2.15. The van der Waals surface area contributed by atoms with Crippen molar-refractivity contribution in [2.75, 3.05) is 18.9 Å². The summed E-state index contributed by atoms with van der Waals surface area (Å²) < 4.78 is 24.5. The number of rotatable bonds is 8. The molecule has 1 unspecified atom stereocenters. The monoisotopic (exact) mass is 350 g/mol. The van der Waals surface area contributed by atoms with Crippen molar-refractivity contribution in [3.05, 3.63) is 47.2 Å². The number of carbonyl (C=O) groups excluding carboxylic acids is 1. The van der Waals surface area contributed by atoms with Gasteiger partial charge in [0.1, 0.15) is 5.82 Å². The van der Waals surface area contributed by atoms with E-state index in [-0.39, 0.29) is 17.5 Å². The highest BCUT2D eigenvalue weighted by Gasteiger charge is 2.13. The third-order valence-electron chi connectivity index (χ3n) is 3.46. The van der Waals surface area contributed by atoms with E-state index in [0.29, 0.717) is 5.82 Å². The number of pyridine rings is 1. The number of anilines is 1. The third kappa shape index (κ3) is 7.24. The van der Waals surface area contributed by atoms with Gasteiger partial charge in [0.05, 0.1) is 18.2 Å². The van der Waals surface area contributed by atoms with Gasteiger partial charge in [-0.3, -0.25) is 9.79 Å². The molecule has 7 heteroatoms. The Balaban J connectivity index is 2.93. The number of allylic oxidation sites excluding steroid dienone is 3. The smallest absolute Gasteiger partial charge is 0.257 e. The summed E-state index contributed by atoms with van der Waals surface area (Å²) in [6.07, 6.45) is 3.73. The summed E-state index contributed by atoms with van der Waals surface area (Å²) in [5, 5.41) is 5.78. The van der Waals surface area contributed by atoms with E-state index >= 15 is 0 Å². The molecule has 1 aromatic heterocycles. The molecule has 0 fully saturated rings. The van der Waals surface area contributed by atoms with Gasteiger partial charge in [0.2, 0.25) is 0 Å². The van der Waals surface area contributed by atoms with Crippen LogP contribution in [0.4, 0.5) is 14.6 Å². The van der Waals surface area contributed by atoms with Crippen LogP contribution >= 0.6 is 0 Å². The quantitative estimate of drug-likeness (QED) is 0.428. The molecule has 2 N–H and O–H groups in total. The van der Waals surface area contributed by atoms with E-state index in [4.69, 9.17) is 0 Å². The fourth-order valence-corrected chi connectivity index (χ4v) is 1.94. The Bertz CT molecular complexity index is 669. The number of aliphatic imine (C=N–C) groups is 1. The average Bonchev–Trinajstić information content (AvgIpc) is 2.60. The highest BCUT2D eigenvalue weighted by Crippen LogP contribution is 2.15. The van der Waals surface area contributed by atoms with E-state index in [0.717, 1.165) is 11.1 Å². The number of aromatic nitrogens is 1. The van der Waals surface area contributed by atoms with Gasteiger partial charge in [-0.2, -0.15) is 0 Å². The minimum absolute atomic E-state index is 0.228. The van der Waals surface area contributed by atoms with E-state index < -0.39 is 13.0 Å². The molecule has 5 nitrogen and oxygen atoms in total. The van der Waals surface area contributed by atoms with Crippen molar-refractivity contribution in [1.82, 2.24) is 10.3 Å². The molecule has 0 radical (unpaired) electrons. The van der Waals surface area contributed by atoms with Gasteiger partial charge in [-0.15, -0.1) is 0 Å². The molecule has 0 aliphatic rings. The topological polar surface area (TPSA) is 66.4 Å². The molecule has 1 atom stereocenters. The molecule has 0 bridgehead atoms. The van der Waals surface area contributed by atoms with E-state index in [1.165, 1.54) is 6.21 Å². The molecule has 0 saturated carbocycles. The number of nitrogens with one attached hydrogen (secondary N) is 2. The van der Waals surface area contributed by atoms with E-state index in [2.05, 4.69) is 20.6 Å². The van der Waals surface area contributed by atoms with Gasteiger partial charge in [-0.25, -0.2) is 13.8 Å². The number of carbonyl (C=O) groups is 1. The molecular formula is C18H24F2N4O. The van der Waals surface area contributed by atoms with Crippen molar-refractivity contribution in [3.8, 4) is 0 Å².